The molecular formula is C16H18FN3OS. The van der Waals surface area contributed by atoms with Crippen LogP contribution in [0.15, 0.2) is 41.6 Å². The first-order valence-corrected chi connectivity index (χ1v) is 8.37. The van der Waals surface area contributed by atoms with E-state index in [-0.39, 0.29) is 11.7 Å². The van der Waals surface area contributed by atoms with E-state index in [0.717, 1.165) is 17.3 Å². The quantitative estimate of drug-likeness (QED) is 0.798. The smallest absolute Gasteiger partial charge is 0.230 e. The van der Waals surface area contributed by atoms with E-state index >= 15 is 0 Å². The van der Waals surface area contributed by atoms with Crippen molar-refractivity contribution >= 4 is 17.7 Å². The second-order valence-corrected chi connectivity index (χ2v) is 6.39. The van der Waals surface area contributed by atoms with Gasteiger partial charge in [0, 0.05) is 36.3 Å². The fourth-order valence-corrected chi connectivity index (χ4v) is 2.99. The van der Waals surface area contributed by atoms with Gasteiger partial charge in [0.15, 0.2) is 0 Å². The number of halogens is 1. The van der Waals surface area contributed by atoms with Gasteiger partial charge >= 0.3 is 0 Å². The molecule has 1 aromatic heterocycles. The Morgan fingerprint density at radius 1 is 1.36 bits per heavy atom. The van der Waals surface area contributed by atoms with Gasteiger partial charge in [0.05, 0.1) is 5.75 Å². The summed E-state index contributed by atoms with van der Waals surface area (Å²) in [5, 5.41) is 2.91. The lowest BCUT2D eigenvalue weighted by atomic mass is 10.4. The van der Waals surface area contributed by atoms with E-state index < -0.39 is 0 Å². The predicted octanol–water partition coefficient (Wildman–Crippen LogP) is 2.81. The van der Waals surface area contributed by atoms with Crippen molar-refractivity contribution in [1.82, 2.24) is 14.9 Å². The lowest BCUT2D eigenvalue weighted by Crippen LogP contribution is -2.28. The third kappa shape index (κ3) is 4.10. The molecule has 3 rings (SSSR count). The molecule has 1 aliphatic carbocycles. The fraction of sp³-hybridized carbons (Fsp3) is 0.375. The van der Waals surface area contributed by atoms with E-state index in [1.807, 2.05) is 12.4 Å². The van der Waals surface area contributed by atoms with Gasteiger partial charge in [-0.05, 0) is 37.1 Å². The van der Waals surface area contributed by atoms with Crippen molar-refractivity contribution in [1.29, 1.82) is 0 Å². The first-order valence-electron chi connectivity index (χ1n) is 7.38. The largest absolute Gasteiger partial charge is 0.354 e. The molecule has 1 saturated carbocycles. The number of hydrogen-bond donors (Lipinski definition) is 1. The average molecular weight is 319 g/mol. The number of nitrogens with one attached hydrogen (secondary N) is 1. The first kappa shape index (κ1) is 15.1. The van der Waals surface area contributed by atoms with Crippen molar-refractivity contribution < 1.29 is 9.18 Å². The summed E-state index contributed by atoms with van der Waals surface area (Å²) in [6.45, 7) is 1.34. The van der Waals surface area contributed by atoms with Gasteiger partial charge in [-0.25, -0.2) is 9.37 Å². The van der Waals surface area contributed by atoms with Crippen LogP contribution >= 0.6 is 11.8 Å². The van der Waals surface area contributed by atoms with E-state index in [2.05, 4.69) is 14.9 Å². The molecule has 1 heterocycles. The minimum absolute atomic E-state index is 0.0117. The molecule has 1 N–H and O–H groups in total. The number of aromatic nitrogens is 2. The van der Waals surface area contributed by atoms with Crippen LogP contribution in [0.3, 0.4) is 0 Å². The normalized spacial score (nSPS) is 14.0. The second-order valence-electron chi connectivity index (χ2n) is 5.35. The number of hydrogen-bond acceptors (Lipinski definition) is 3. The molecular weight excluding hydrogens is 301 g/mol. The standard InChI is InChI=1S/C16H18FN3OS/c17-13-3-5-14(6-4-13)22-11-15(21)18-7-9-20-10-8-19-16(20)12-1-2-12/h3-6,8,10,12H,1-2,7,9,11H2,(H,18,21). The molecule has 116 valence electrons. The maximum Gasteiger partial charge on any atom is 0.230 e. The Morgan fingerprint density at radius 2 is 2.14 bits per heavy atom. The van der Waals surface area contributed by atoms with Gasteiger partial charge in [0.1, 0.15) is 11.6 Å². The number of rotatable bonds is 7. The maximum absolute atomic E-state index is 12.8. The number of carbonyl (C=O) groups is 1. The van der Waals surface area contributed by atoms with Gasteiger partial charge in [-0.2, -0.15) is 0 Å². The zero-order chi connectivity index (χ0) is 15.4. The second kappa shape index (κ2) is 6.96. The van der Waals surface area contributed by atoms with Crippen molar-refractivity contribution in [3.63, 3.8) is 0 Å². The molecule has 0 bridgehead atoms. The van der Waals surface area contributed by atoms with Gasteiger partial charge in [-0.15, -0.1) is 11.8 Å². The summed E-state index contributed by atoms with van der Waals surface area (Å²) < 4.78 is 14.9. The Morgan fingerprint density at radius 3 is 2.86 bits per heavy atom. The molecule has 0 radical (unpaired) electrons. The summed E-state index contributed by atoms with van der Waals surface area (Å²) in [6, 6.07) is 6.17. The van der Waals surface area contributed by atoms with E-state index in [4.69, 9.17) is 0 Å². The van der Waals surface area contributed by atoms with E-state index in [1.54, 1.807) is 12.1 Å². The van der Waals surface area contributed by atoms with Crippen molar-refractivity contribution in [2.24, 2.45) is 0 Å². The Hall–Kier alpha value is -1.82. The minimum atomic E-state index is -0.263. The molecule has 2 aromatic rings. The van der Waals surface area contributed by atoms with E-state index in [0.29, 0.717) is 18.2 Å². The third-order valence-electron chi connectivity index (χ3n) is 3.55. The van der Waals surface area contributed by atoms with Gasteiger partial charge in [0.2, 0.25) is 5.91 Å². The zero-order valence-electron chi connectivity index (χ0n) is 12.2. The molecule has 1 aromatic carbocycles. The van der Waals surface area contributed by atoms with Gasteiger partial charge in [-0.3, -0.25) is 4.79 Å². The molecule has 0 atom stereocenters. The number of nitrogens with zero attached hydrogens (tertiary/aromatic N) is 2. The van der Waals surface area contributed by atoms with Crippen LogP contribution in [0.4, 0.5) is 4.39 Å². The van der Waals surface area contributed by atoms with Crippen molar-refractivity contribution in [3.05, 3.63) is 48.3 Å². The van der Waals surface area contributed by atoms with Crippen LogP contribution in [0.25, 0.3) is 0 Å². The maximum atomic E-state index is 12.8. The molecule has 1 fully saturated rings. The summed E-state index contributed by atoms with van der Waals surface area (Å²) in [6.07, 6.45) is 6.22. The van der Waals surface area contributed by atoms with E-state index in [1.165, 1.54) is 36.7 Å². The number of benzene rings is 1. The van der Waals surface area contributed by atoms with Crippen LogP contribution in [0, 0.1) is 5.82 Å². The summed E-state index contributed by atoms with van der Waals surface area (Å²) in [4.78, 5) is 17.1. The van der Waals surface area contributed by atoms with Crippen LogP contribution in [0.5, 0.6) is 0 Å². The molecule has 1 aliphatic rings. The summed E-state index contributed by atoms with van der Waals surface area (Å²) >= 11 is 1.41. The highest BCUT2D eigenvalue weighted by Gasteiger charge is 2.27. The Labute approximate surface area is 133 Å². The first-order chi connectivity index (χ1) is 10.7. The monoisotopic (exact) mass is 319 g/mol. The summed E-state index contributed by atoms with van der Waals surface area (Å²) in [5.41, 5.74) is 0. The molecule has 1 amide bonds. The number of amides is 1. The summed E-state index contributed by atoms with van der Waals surface area (Å²) in [5.74, 6) is 1.81. The number of thioether (sulfide) groups is 1. The molecule has 0 aliphatic heterocycles. The number of carbonyl (C=O) groups excluding carboxylic acids is 1. The molecule has 0 unspecified atom stereocenters. The average Bonchev–Trinajstić information content (AvgIpc) is 3.26. The lowest BCUT2D eigenvalue weighted by molar-refractivity contribution is -0.118. The Kier molecular flexibility index (Phi) is 4.77. The predicted molar refractivity (Wildman–Crippen MR) is 84.3 cm³/mol. The SMILES string of the molecule is O=C(CSc1ccc(F)cc1)NCCn1ccnc1C1CC1. The van der Waals surface area contributed by atoms with Crippen LogP contribution < -0.4 is 5.32 Å². The van der Waals surface area contributed by atoms with Gasteiger partial charge in [-0.1, -0.05) is 0 Å². The minimum Gasteiger partial charge on any atom is -0.354 e. The Balaban J connectivity index is 1.39. The molecule has 0 spiro atoms. The lowest BCUT2D eigenvalue weighted by Gasteiger charge is -2.08. The van der Waals surface area contributed by atoms with Gasteiger partial charge < -0.3 is 9.88 Å². The van der Waals surface area contributed by atoms with Crippen LogP contribution in [0.1, 0.15) is 24.6 Å². The third-order valence-corrected chi connectivity index (χ3v) is 4.56. The van der Waals surface area contributed by atoms with Crippen LogP contribution in [-0.4, -0.2) is 27.8 Å². The number of imidazole rings is 1. The fourth-order valence-electron chi connectivity index (χ4n) is 2.26. The molecule has 6 heteroatoms. The van der Waals surface area contributed by atoms with Crippen molar-refractivity contribution in [3.8, 4) is 0 Å². The van der Waals surface area contributed by atoms with Crippen LogP contribution in [-0.2, 0) is 11.3 Å². The topological polar surface area (TPSA) is 46.9 Å². The summed E-state index contributed by atoms with van der Waals surface area (Å²) in [7, 11) is 0. The van der Waals surface area contributed by atoms with Crippen molar-refractivity contribution in [2.75, 3.05) is 12.3 Å². The highest BCUT2D eigenvalue weighted by atomic mass is 32.2. The van der Waals surface area contributed by atoms with Crippen LogP contribution in [0.2, 0.25) is 0 Å². The zero-order valence-corrected chi connectivity index (χ0v) is 13.0. The van der Waals surface area contributed by atoms with Crippen molar-refractivity contribution in [2.45, 2.75) is 30.2 Å². The molecule has 22 heavy (non-hydrogen) atoms. The Bertz CT molecular complexity index is 637. The van der Waals surface area contributed by atoms with E-state index in [9.17, 15) is 9.18 Å². The highest BCUT2D eigenvalue weighted by molar-refractivity contribution is 8.00. The van der Waals surface area contributed by atoms with Gasteiger partial charge in [0.25, 0.3) is 0 Å². The molecule has 0 saturated heterocycles. The highest BCUT2D eigenvalue weighted by Crippen LogP contribution is 2.38. The molecule has 4 nitrogen and oxygen atoms in total.